The molecule has 8 atom stereocenters. The Morgan fingerprint density at radius 3 is 2.44 bits per heavy atom. The number of aliphatic hydroxyl groups excluding tert-OH is 3. The largest absolute Gasteiger partial charge is 0.481 e. The van der Waals surface area contributed by atoms with Crippen LogP contribution in [-0.4, -0.2) is 92.3 Å². The van der Waals surface area contributed by atoms with E-state index < -0.39 is 73.8 Å². The van der Waals surface area contributed by atoms with Gasteiger partial charge in [0.25, 0.3) is 0 Å². The quantitative estimate of drug-likeness (QED) is 0.244. The first-order valence-electron chi connectivity index (χ1n) is 12.2. The van der Waals surface area contributed by atoms with Gasteiger partial charge in [-0.05, 0) is 51.0 Å². The van der Waals surface area contributed by atoms with Gasteiger partial charge in [-0.25, -0.2) is 0 Å². The molecule has 2 rings (SSSR count). The molecular formula is C25H40O11. The molecule has 0 aromatic heterocycles. The van der Waals surface area contributed by atoms with Crippen molar-refractivity contribution in [2.24, 2.45) is 11.3 Å². The van der Waals surface area contributed by atoms with Gasteiger partial charge in [-0.2, -0.15) is 0 Å². The fourth-order valence-corrected chi connectivity index (χ4v) is 5.11. The van der Waals surface area contributed by atoms with E-state index in [0.29, 0.717) is 12.8 Å². The molecule has 0 aromatic carbocycles. The first-order valence-corrected chi connectivity index (χ1v) is 12.2. The standard InChI is InChI=1S/C25H40O11/c1-13-8-15(27)9-24(3,4)16(13)7-6-14(2)34-23-21(32)22(20(31)17(12-26)35-23)36-19(30)11-25(5,33)10-18(28)29/h8,14,16-17,20-23,26,31-33H,6-7,9-12H2,1-5H3,(H,28,29). The van der Waals surface area contributed by atoms with E-state index in [1.807, 2.05) is 20.8 Å². The normalized spacial score (nSPS) is 32.8. The van der Waals surface area contributed by atoms with Gasteiger partial charge in [-0.15, -0.1) is 0 Å². The van der Waals surface area contributed by atoms with E-state index in [-0.39, 0.29) is 17.1 Å². The van der Waals surface area contributed by atoms with Gasteiger partial charge in [0.05, 0.1) is 31.2 Å². The average Bonchev–Trinajstić information content (AvgIpc) is 2.70. The Kier molecular flexibility index (Phi) is 10.2. The summed E-state index contributed by atoms with van der Waals surface area (Å²) in [6, 6.07) is 0. The molecule has 36 heavy (non-hydrogen) atoms. The van der Waals surface area contributed by atoms with E-state index in [4.69, 9.17) is 19.3 Å². The van der Waals surface area contributed by atoms with Gasteiger partial charge in [-0.1, -0.05) is 19.4 Å². The summed E-state index contributed by atoms with van der Waals surface area (Å²) in [6.45, 7) is 8.32. The third-order valence-corrected chi connectivity index (χ3v) is 6.89. The second-order valence-electron chi connectivity index (χ2n) is 11.0. The number of ketones is 1. The maximum Gasteiger partial charge on any atom is 0.309 e. The van der Waals surface area contributed by atoms with Crippen LogP contribution in [0.2, 0.25) is 0 Å². The number of hydrogen-bond acceptors (Lipinski definition) is 10. The summed E-state index contributed by atoms with van der Waals surface area (Å²) in [7, 11) is 0. The third-order valence-electron chi connectivity index (χ3n) is 6.89. The first-order chi connectivity index (χ1) is 16.6. The van der Waals surface area contributed by atoms with Crippen LogP contribution in [0.3, 0.4) is 0 Å². The molecule has 1 saturated heterocycles. The number of carbonyl (C=O) groups is 3. The lowest BCUT2D eigenvalue weighted by atomic mass is 9.66. The number of rotatable bonds is 11. The van der Waals surface area contributed by atoms with Crippen LogP contribution in [-0.2, 0) is 28.6 Å². The second kappa shape index (κ2) is 12.1. The number of carboxylic acid groups (broad SMARTS) is 1. The second-order valence-corrected chi connectivity index (χ2v) is 11.0. The fraction of sp³-hybridized carbons (Fsp3) is 0.800. The van der Waals surface area contributed by atoms with E-state index in [0.717, 1.165) is 18.9 Å². The predicted molar refractivity (Wildman–Crippen MR) is 126 cm³/mol. The maximum atomic E-state index is 12.3. The van der Waals surface area contributed by atoms with Crippen molar-refractivity contribution in [3.05, 3.63) is 11.6 Å². The van der Waals surface area contributed by atoms with Crippen LogP contribution in [0.15, 0.2) is 11.6 Å². The van der Waals surface area contributed by atoms with E-state index >= 15 is 0 Å². The van der Waals surface area contributed by atoms with Crippen molar-refractivity contribution in [2.45, 2.75) is 109 Å². The number of aliphatic hydroxyl groups is 4. The molecule has 0 aromatic rings. The molecule has 1 aliphatic carbocycles. The van der Waals surface area contributed by atoms with Crippen molar-refractivity contribution in [3.63, 3.8) is 0 Å². The highest BCUT2D eigenvalue weighted by atomic mass is 16.7. The van der Waals surface area contributed by atoms with E-state index in [1.165, 1.54) is 0 Å². The van der Waals surface area contributed by atoms with Crippen molar-refractivity contribution in [2.75, 3.05) is 6.61 Å². The molecule has 1 aliphatic heterocycles. The van der Waals surface area contributed by atoms with Gasteiger partial charge >= 0.3 is 11.9 Å². The third kappa shape index (κ3) is 8.06. The predicted octanol–water partition coefficient (Wildman–Crippen LogP) is 0.700. The van der Waals surface area contributed by atoms with E-state index in [2.05, 4.69) is 0 Å². The van der Waals surface area contributed by atoms with Crippen LogP contribution in [0.5, 0.6) is 0 Å². The lowest BCUT2D eigenvalue weighted by molar-refractivity contribution is -0.312. The number of allylic oxidation sites excluding steroid dienone is 2. The highest BCUT2D eigenvalue weighted by molar-refractivity contribution is 5.91. The maximum absolute atomic E-state index is 12.3. The number of ether oxygens (including phenoxy) is 3. The minimum atomic E-state index is -1.89. The molecule has 8 unspecified atom stereocenters. The Balaban J connectivity index is 2.03. The lowest BCUT2D eigenvalue weighted by Gasteiger charge is -2.42. The highest BCUT2D eigenvalue weighted by Crippen LogP contribution is 2.42. The van der Waals surface area contributed by atoms with Crippen LogP contribution in [0.4, 0.5) is 0 Å². The zero-order valence-electron chi connectivity index (χ0n) is 21.5. The average molecular weight is 517 g/mol. The number of esters is 1. The van der Waals surface area contributed by atoms with Gasteiger partial charge in [0.1, 0.15) is 18.3 Å². The first kappa shape index (κ1) is 30.3. The zero-order chi connectivity index (χ0) is 27.4. The van der Waals surface area contributed by atoms with E-state index in [9.17, 15) is 34.8 Å². The Morgan fingerprint density at radius 2 is 1.89 bits per heavy atom. The van der Waals surface area contributed by atoms with Gasteiger partial charge < -0.3 is 39.7 Å². The summed E-state index contributed by atoms with van der Waals surface area (Å²) in [5.41, 5.74) is -1.09. The number of aliphatic carboxylic acids is 1. The Morgan fingerprint density at radius 1 is 1.25 bits per heavy atom. The number of carbonyl (C=O) groups excluding carboxylic acids is 2. The Hall–Kier alpha value is -1.89. The molecule has 206 valence electrons. The minimum Gasteiger partial charge on any atom is -0.481 e. The summed E-state index contributed by atoms with van der Waals surface area (Å²) in [5, 5.41) is 49.8. The van der Waals surface area contributed by atoms with Crippen molar-refractivity contribution in [1.82, 2.24) is 0 Å². The van der Waals surface area contributed by atoms with Crippen LogP contribution >= 0.6 is 0 Å². The molecule has 0 spiro atoms. The minimum absolute atomic E-state index is 0.107. The van der Waals surface area contributed by atoms with Crippen molar-refractivity contribution >= 4 is 17.7 Å². The van der Waals surface area contributed by atoms with Crippen LogP contribution in [0, 0.1) is 11.3 Å². The molecular weight excluding hydrogens is 476 g/mol. The summed E-state index contributed by atoms with van der Waals surface area (Å²) < 4.78 is 16.6. The summed E-state index contributed by atoms with van der Waals surface area (Å²) in [5.74, 6) is -2.07. The van der Waals surface area contributed by atoms with Crippen LogP contribution in [0.1, 0.15) is 66.7 Å². The van der Waals surface area contributed by atoms with E-state index in [1.54, 1.807) is 13.0 Å². The highest BCUT2D eigenvalue weighted by Gasteiger charge is 2.48. The fourth-order valence-electron chi connectivity index (χ4n) is 5.11. The molecule has 2 aliphatic rings. The van der Waals surface area contributed by atoms with Gasteiger partial charge in [0, 0.05) is 6.42 Å². The molecule has 0 amide bonds. The topological polar surface area (TPSA) is 180 Å². The van der Waals surface area contributed by atoms with Gasteiger partial charge in [0.2, 0.25) is 0 Å². The zero-order valence-corrected chi connectivity index (χ0v) is 21.5. The molecule has 11 heteroatoms. The van der Waals surface area contributed by atoms with Crippen LogP contribution in [0.25, 0.3) is 0 Å². The Labute approximate surface area is 211 Å². The smallest absolute Gasteiger partial charge is 0.309 e. The lowest BCUT2D eigenvalue weighted by Crippen LogP contribution is -2.61. The molecule has 11 nitrogen and oxygen atoms in total. The molecule has 1 fully saturated rings. The van der Waals surface area contributed by atoms with Crippen molar-refractivity contribution < 1.29 is 54.1 Å². The summed E-state index contributed by atoms with van der Waals surface area (Å²) in [4.78, 5) is 35.1. The molecule has 0 radical (unpaired) electrons. The molecule has 0 bridgehead atoms. The summed E-state index contributed by atoms with van der Waals surface area (Å²) in [6.07, 6.45) is -5.66. The molecule has 0 saturated carbocycles. The number of carboxylic acids is 1. The molecule has 5 N–H and O–H groups in total. The summed E-state index contributed by atoms with van der Waals surface area (Å²) >= 11 is 0. The van der Waals surface area contributed by atoms with Crippen molar-refractivity contribution in [3.8, 4) is 0 Å². The van der Waals surface area contributed by atoms with Crippen molar-refractivity contribution in [1.29, 1.82) is 0 Å². The monoisotopic (exact) mass is 516 g/mol. The van der Waals surface area contributed by atoms with Gasteiger partial charge in [-0.3, -0.25) is 14.4 Å². The van der Waals surface area contributed by atoms with Gasteiger partial charge in [0.15, 0.2) is 18.2 Å². The SMILES string of the molecule is CC1=CC(=O)CC(C)(C)C1CCC(C)OC1OC(CO)C(O)C(OC(=O)CC(C)(O)CC(=O)O)C1O. The Bertz CT molecular complexity index is 834. The number of hydrogen-bond donors (Lipinski definition) is 5. The molecule has 1 heterocycles. The van der Waals surface area contributed by atoms with Crippen LogP contribution < -0.4 is 0 Å².